The Morgan fingerprint density at radius 3 is 2.02 bits per heavy atom. The van der Waals surface area contributed by atoms with E-state index in [-0.39, 0.29) is 32.3 Å². The molecule has 10 nitrogen and oxygen atoms in total. The van der Waals surface area contributed by atoms with E-state index in [0.717, 1.165) is 31.2 Å². The molecular weight excluding hydrogens is 717 g/mol. The Labute approximate surface area is 318 Å². The average Bonchev–Trinajstić information content (AvgIpc) is 3.11. The number of ether oxygens (including phenoxy) is 3. The fourth-order valence-corrected chi connectivity index (χ4v) is 5.47. The lowest BCUT2D eigenvalue weighted by molar-refractivity contribution is -0.157. The van der Waals surface area contributed by atoms with Gasteiger partial charge in [-0.3, -0.25) is 14.5 Å². The predicted molar refractivity (Wildman–Crippen MR) is 202 cm³/mol. The molecule has 13 heteroatoms. The smallest absolute Gasteiger partial charge is 0.328 e. The summed E-state index contributed by atoms with van der Waals surface area (Å²) in [6, 6.07) is 12.7. The van der Waals surface area contributed by atoms with Gasteiger partial charge in [0.15, 0.2) is 0 Å². The molecule has 2 atom stereocenters. The number of hydrogen-bond donors (Lipinski definition) is 1. The number of carbonyl (C=O) groups is 4. The van der Waals surface area contributed by atoms with Crippen LogP contribution in [-0.2, 0) is 35.2 Å². The number of benzene rings is 1. The second-order valence-corrected chi connectivity index (χ2v) is 15.2. The van der Waals surface area contributed by atoms with Crippen molar-refractivity contribution in [1.82, 2.24) is 10.3 Å². The molecule has 0 aliphatic heterocycles. The number of carbonyl (C=O) groups excluding carboxylic acids is 4. The van der Waals surface area contributed by atoms with Crippen molar-refractivity contribution in [3.05, 3.63) is 60.3 Å². The molecule has 2 amide bonds. The lowest BCUT2D eigenvalue weighted by Crippen LogP contribution is -2.48. The molecule has 2 aromatic rings. The zero-order valence-electron chi connectivity index (χ0n) is 30.0. The molecule has 1 aromatic carbocycles. The number of amides is 2. The molecule has 1 aromatic heterocycles. The quantitative estimate of drug-likeness (QED) is 0.0459. The Morgan fingerprint density at radius 2 is 1.41 bits per heavy atom. The largest absolute Gasteiger partial charge is 0.461 e. The van der Waals surface area contributed by atoms with Crippen molar-refractivity contribution in [3.8, 4) is 0 Å². The number of pyridine rings is 1. The summed E-state index contributed by atoms with van der Waals surface area (Å²) in [5.74, 6) is -1.48. The molecule has 1 N–H and O–H groups in total. The molecule has 0 fully saturated rings. The molecular formula is C38H54Cl3N3O7. The van der Waals surface area contributed by atoms with Crippen LogP contribution in [0.4, 0.5) is 10.6 Å². The first-order chi connectivity index (χ1) is 24.5. The van der Waals surface area contributed by atoms with E-state index in [4.69, 9.17) is 49.0 Å². The van der Waals surface area contributed by atoms with Crippen LogP contribution in [0.25, 0.3) is 0 Å². The Bertz CT molecular complexity index is 1280. The van der Waals surface area contributed by atoms with Gasteiger partial charge in [0.1, 0.15) is 31.2 Å². The summed E-state index contributed by atoms with van der Waals surface area (Å²) in [6.45, 7) is 1.90. The number of nitrogens with zero attached hydrogens (tertiary/aromatic N) is 2. The number of rotatable bonds is 25. The Morgan fingerprint density at radius 1 is 0.784 bits per heavy atom. The van der Waals surface area contributed by atoms with Gasteiger partial charge >= 0.3 is 23.9 Å². The van der Waals surface area contributed by atoms with E-state index in [1.807, 2.05) is 30.3 Å². The first-order valence-corrected chi connectivity index (χ1v) is 19.2. The van der Waals surface area contributed by atoms with Crippen molar-refractivity contribution >= 4 is 64.6 Å². The van der Waals surface area contributed by atoms with Crippen LogP contribution in [0.2, 0.25) is 0 Å². The number of unbranched alkanes of at least 4 members (excludes halogenated alkanes) is 10. The van der Waals surface area contributed by atoms with E-state index in [2.05, 4.69) is 17.2 Å². The summed E-state index contributed by atoms with van der Waals surface area (Å²) in [5, 5.41) is 2.71. The summed E-state index contributed by atoms with van der Waals surface area (Å²) >= 11 is 17.3. The summed E-state index contributed by atoms with van der Waals surface area (Å²) in [4.78, 5) is 57.4. The SMILES string of the molecule is CCCCCCCCCCCCC[C@@H](CC(=O)OCC(Cl)(Cl)Cl)OC(=O)[C@H](CCCC(=O)OCc1ccccc1)NC(=O)N(C)c1ccccn1. The van der Waals surface area contributed by atoms with Crippen LogP contribution >= 0.6 is 34.8 Å². The first-order valence-electron chi connectivity index (χ1n) is 18.1. The zero-order chi connectivity index (χ0) is 37.3. The number of urea groups is 1. The van der Waals surface area contributed by atoms with Crippen molar-refractivity contribution in [3.63, 3.8) is 0 Å². The van der Waals surface area contributed by atoms with Crippen molar-refractivity contribution in [2.24, 2.45) is 0 Å². The van der Waals surface area contributed by atoms with Gasteiger partial charge in [-0.1, -0.05) is 142 Å². The zero-order valence-corrected chi connectivity index (χ0v) is 32.2. The Balaban J connectivity index is 2.02. The topological polar surface area (TPSA) is 124 Å². The lowest BCUT2D eigenvalue weighted by atomic mass is 10.0. The summed E-state index contributed by atoms with van der Waals surface area (Å²) < 4.78 is 14.6. The van der Waals surface area contributed by atoms with Crippen LogP contribution in [0.1, 0.15) is 115 Å². The third-order valence-corrected chi connectivity index (χ3v) is 8.53. The number of esters is 3. The third kappa shape index (κ3) is 21.1. The lowest BCUT2D eigenvalue weighted by Gasteiger charge is -2.25. The maximum Gasteiger partial charge on any atom is 0.328 e. The number of aromatic nitrogens is 1. The van der Waals surface area contributed by atoms with Gasteiger partial charge in [0.25, 0.3) is 0 Å². The van der Waals surface area contributed by atoms with Crippen molar-refractivity contribution in [2.45, 2.75) is 132 Å². The number of alkyl halides is 3. The minimum absolute atomic E-state index is 0.0219. The highest BCUT2D eigenvalue weighted by Crippen LogP contribution is 2.26. The fourth-order valence-electron chi connectivity index (χ4n) is 5.30. The van der Waals surface area contributed by atoms with Gasteiger partial charge in [-0.25, -0.2) is 14.6 Å². The van der Waals surface area contributed by atoms with Crippen LogP contribution in [0.15, 0.2) is 54.7 Å². The first kappa shape index (κ1) is 44.1. The third-order valence-electron chi connectivity index (χ3n) is 8.20. The molecule has 0 bridgehead atoms. The average molecular weight is 771 g/mol. The molecule has 0 aliphatic rings. The number of halogens is 3. The van der Waals surface area contributed by atoms with Gasteiger partial charge < -0.3 is 19.5 Å². The molecule has 0 saturated carbocycles. The van der Waals surface area contributed by atoms with Gasteiger partial charge in [-0.2, -0.15) is 0 Å². The molecule has 1 heterocycles. The van der Waals surface area contributed by atoms with Crippen molar-refractivity contribution in [2.75, 3.05) is 18.6 Å². The maximum atomic E-state index is 13.6. The highest BCUT2D eigenvalue weighted by Gasteiger charge is 2.29. The normalized spacial score (nSPS) is 12.4. The Kier molecular flexibility index (Phi) is 22.3. The van der Waals surface area contributed by atoms with Crippen molar-refractivity contribution in [1.29, 1.82) is 0 Å². The fraction of sp³-hybridized carbons (Fsp3) is 0.605. The minimum Gasteiger partial charge on any atom is -0.461 e. The van der Waals surface area contributed by atoms with Crippen LogP contribution < -0.4 is 10.2 Å². The van der Waals surface area contributed by atoms with E-state index >= 15 is 0 Å². The number of nitrogens with one attached hydrogen (secondary N) is 1. The molecule has 0 radical (unpaired) electrons. The summed E-state index contributed by atoms with van der Waals surface area (Å²) in [6.07, 6.45) is 13.8. The van der Waals surface area contributed by atoms with Gasteiger partial charge in [0.05, 0.1) is 6.42 Å². The van der Waals surface area contributed by atoms with Gasteiger partial charge in [-0.05, 0) is 43.4 Å². The molecule has 284 valence electrons. The number of hydrogen-bond acceptors (Lipinski definition) is 8. The standard InChI is InChI=1S/C38H54Cl3N3O7/c1-3-4-5-6-7-8-9-10-11-12-16-22-31(27-35(46)50-29-38(39,40)41)51-36(47)32(43-37(48)44(2)33-24-17-18-26-42-33)23-19-25-34(45)49-28-30-20-14-13-15-21-30/h13-15,17-18,20-21,24,26,31-32H,3-12,16,19,22-23,25,27-29H2,1-2H3,(H,43,48)/t31-,32-/m0/s1. The minimum atomic E-state index is -1.78. The summed E-state index contributed by atoms with van der Waals surface area (Å²) in [5.41, 5.74) is 0.855. The monoisotopic (exact) mass is 769 g/mol. The Hall–Kier alpha value is -3.08. The van der Waals surface area contributed by atoms with Crippen LogP contribution in [0, 0.1) is 0 Å². The second kappa shape index (κ2) is 25.8. The molecule has 0 aliphatic carbocycles. The van der Waals surface area contributed by atoms with E-state index < -0.39 is 46.5 Å². The van der Waals surface area contributed by atoms with Crippen LogP contribution in [0.3, 0.4) is 0 Å². The maximum absolute atomic E-state index is 13.6. The van der Waals surface area contributed by atoms with E-state index in [0.29, 0.717) is 12.2 Å². The van der Waals surface area contributed by atoms with Crippen molar-refractivity contribution < 1.29 is 33.4 Å². The predicted octanol–water partition coefficient (Wildman–Crippen LogP) is 9.43. The molecule has 51 heavy (non-hydrogen) atoms. The van der Waals surface area contributed by atoms with Gasteiger partial charge in [-0.15, -0.1) is 0 Å². The van der Waals surface area contributed by atoms with Gasteiger partial charge in [0, 0.05) is 19.7 Å². The summed E-state index contributed by atoms with van der Waals surface area (Å²) in [7, 11) is 1.52. The second-order valence-electron chi connectivity index (χ2n) is 12.7. The van der Waals surface area contributed by atoms with E-state index in [1.54, 1.807) is 24.4 Å². The molecule has 2 rings (SSSR count). The molecule has 0 spiro atoms. The van der Waals surface area contributed by atoms with Crippen LogP contribution in [0.5, 0.6) is 0 Å². The molecule has 0 unspecified atom stereocenters. The van der Waals surface area contributed by atoms with Crippen LogP contribution in [-0.4, -0.2) is 58.5 Å². The highest BCUT2D eigenvalue weighted by atomic mass is 35.6. The van der Waals surface area contributed by atoms with E-state index in [9.17, 15) is 19.2 Å². The molecule has 0 saturated heterocycles. The van der Waals surface area contributed by atoms with Gasteiger partial charge in [0.2, 0.25) is 3.79 Å². The van der Waals surface area contributed by atoms with E-state index in [1.165, 1.54) is 56.9 Å². The highest BCUT2D eigenvalue weighted by molar-refractivity contribution is 6.67. The number of anilines is 1.